The second kappa shape index (κ2) is 3.13. The summed E-state index contributed by atoms with van der Waals surface area (Å²) < 4.78 is 36.7. The van der Waals surface area contributed by atoms with Gasteiger partial charge >= 0.3 is 6.18 Å². The Balaban J connectivity index is 2.95. The number of hydrogen-bond acceptors (Lipinski definition) is 2. The van der Waals surface area contributed by atoms with Crippen molar-refractivity contribution in [2.75, 3.05) is 0 Å². The molecule has 0 aromatic rings. The van der Waals surface area contributed by atoms with Crippen molar-refractivity contribution in [1.29, 1.82) is 5.41 Å². The number of halogens is 3. The van der Waals surface area contributed by atoms with Gasteiger partial charge in [-0.25, -0.2) is 0 Å². The third-order valence-corrected chi connectivity index (χ3v) is 1.96. The fourth-order valence-corrected chi connectivity index (χ4v) is 1.11. The first kappa shape index (κ1) is 10.8. The molecule has 0 aromatic carbocycles. The van der Waals surface area contributed by atoms with Gasteiger partial charge in [-0.05, 0) is 6.08 Å². The Hall–Kier alpha value is -1.30. The highest BCUT2D eigenvalue weighted by Gasteiger charge is 2.41. The van der Waals surface area contributed by atoms with Crippen molar-refractivity contribution in [2.24, 2.45) is 5.73 Å². The molecule has 4 N–H and O–H groups in total. The predicted octanol–water partition coefficient (Wildman–Crippen LogP) is 1.10. The van der Waals surface area contributed by atoms with Crippen molar-refractivity contribution < 1.29 is 18.3 Å². The average molecular weight is 206 g/mol. The molecule has 0 saturated heterocycles. The van der Waals surface area contributed by atoms with Crippen LogP contribution >= 0.6 is 0 Å². The Labute approximate surface area is 78.2 Å². The van der Waals surface area contributed by atoms with Crippen molar-refractivity contribution in [1.82, 2.24) is 0 Å². The normalized spacial score (nSPS) is 27.3. The number of amidine groups is 1. The van der Waals surface area contributed by atoms with Gasteiger partial charge in [-0.2, -0.15) is 13.2 Å². The number of allylic oxidation sites excluding steroid dienone is 2. The van der Waals surface area contributed by atoms with Gasteiger partial charge in [0.2, 0.25) is 0 Å². The highest BCUT2D eigenvalue weighted by molar-refractivity contribution is 5.88. The number of hydrogen-bond donors (Lipinski definition) is 3. The van der Waals surface area contributed by atoms with Gasteiger partial charge in [0.05, 0.1) is 0 Å². The number of alkyl halides is 3. The van der Waals surface area contributed by atoms with Crippen LogP contribution in [-0.4, -0.2) is 22.7 Å². The quantitative estimate of drug-likeness (QED) is 0.444. The fourth-order valence-electron chi connectivity index (χ4n) is 1.11. The topological polar surface area (TPSA) is 70.1 Å². The molecule has 0 spiro atoms. The number of aliphatic hydroxyl groups is 1. The van der Waals surface area contributed by atoms with Crippen LogP contribution in [0.3, 0.4) is 0 Å². The molecule has 0 radical (unpaired) electrons. The summed E-state index contributed by atoms with van der Waals surface area (Å²) in [6.07, 6.45) is -2.22. The molecule has 0 amide bonds. The summed E-state index contributed by atoms with van der Waals surface area (Å²) >= 11 is 0. The van der Waals surface area contributed by atoms with Crippen molar-refractivity contribution in [3.63, 3.8) is 0 Å². The molecule has 0 saturated carbocycles. The van der Waals surface area contributed by atoms with Crippen LogP contribution in [0.4, 0.5) is 13.2 Å². The van der Waals surface area contributed by atoms with Crippen molar-refractivity contribution in [3.8, 4) is 0 Å². The molecule has 1 aliphatic rings. The molecule has 3 nitrogen and oxygen atoms in total. The Kier molecular flexibility index (Phi) is 2.41. The summed E-state index contributed by atoms with van der Waals surface area (Å²) in [6, 6.07) is 0. The highest BCUT2D eigenvalue weighted by atomic mass is 19.4. The SMILES string of the molecule is N=C(N)C1(O)C=CC=C(C(F)(F)F)C1. The summed E-state index contributed by atoms with van der Waals surface area (Å²) in [4.78, 5) is 0. The Morgan fingerprint density at radius 1 is 1.57 bits per heavy atom. The third kappa shape index (κ3) is 1.95. The zero-order chi connectivity index (χ0) is 11.0. The second-order valence-corrected chi connectivity index (χ2v) is 3.06. The average Bonchev–Trinajstić information content (AvgIpc) is 2.02. The molecule has 14 heavy (non-hydrogen) atoms. The lowest BCUT2D eigenvalue weighted by molar-refractivity contribution is -0.0979. The van der Waals surface area contributed by atoms with E-state index in [2.05, 4.69) is 0 Å². The van der Waals surface area contributed by atoms with Crippen LogP contribution in [0.2, 0.25) is 0 Å². The largest absolute Gasteiger partial charge is 0.412 e. The van der Waals surface area contributed by atoms with Gasteiger partial charge in [0.15, 0.2) is 0 Å². The molecule has 0 aliphatic heterocycles. The van der Waals surface area contributed by atoms with E-state index < -0.39 is 29.6 Å². The molecule has 1 unspecified atom stereocenters. The molecule has 6 heteroatoms. The van der Waals surface area contributed by atoms with E-state index in [0.29, 0.717) is 0 Å². The third-order valence-electron chi connectivity index (χ3n) is 1.96. The van der Waals surface area contributed by atoms with Crippen LogP contribution in [0.25, 0.3) is 0 Å². The first-order valence-corrected chi connectivity index (χ1v) is 3.78. The monoisotopic (exact) mass is 206 g/mol. The summed E-state index contributed by atoms with van der Waals surface area (Å²) in [5, 5.41) is 16.5. The Morgan fingerprint density at radius 3 is 2.57 bits per heavy atom. The van der Waals surface area contributed by atoms with Crippen molar-refractivity contribution in [2.45, 2.75) is 18.2 Å². The molecule has 78 valence electrons. The standard InChI is InChI=1S/C8H9F3N2O/c9-8(10,11)5-2-1-3-7(14,4-5)6(12)13/h1-3,14H,4H2,(H3,12,13). The van der Waals surface area contributed by atoms with E-state index in [0.717, 1.165) is 18.2 Å². The van der Waals surface area contributed by atoms with E-state index in [1.807, 2.05) is 0 Å². The van der Waals surface area contributed by atoms with Crippen LogP contribution in [0, 0.1) is 5.41 Å². The second-order valence-electron chi connectivity index (χ2n) is 3.06. The Morgan fingerprint density at radius 2 is 2.14 bits per heavy atom. The van der Waals surface area contributed by atoms with Gasteiger partial charge in [0.25, 0.3) is 0 Å². The van der Waals surface area contributed by atoms with Gasteiger partial charge in [-0.15, -0.1) is 0 Å². The molecule has 1 rings (SSSR count). The summed E-state index contributed by atoms with van der Waals surface area (Å²) in [5.74, 6) is -0.691. The summed E-state index contributed by atoms with van der Waals surface area (Å²) in [5.41, 5.74) is 2.10. The van der Waals surface area contributed by atoms with Crippen LogP contribution < -0.4 is 5.73 Å². The van der Waals surface area contributed by atoms with E-state index in [1.165, 1.54) is 0 Å². The van der Waals surface area contributed by atoms with E-state index in [4.69, 9.17) is 11.1 Å². The predicted molar refractivity (Wildman–Crippen MR) is 44.8 cm³/mol. The van der Waals surface area contributed by atoms with Crippen molar-refractivity contribution in [3.05, 3.63) is 23.8 Å². The van der Waals surface area contributed by atoms with Crippen molar-refractivity contribution >= 4 is 5.84 Å². The van der Waals surface area contributed by atoms with Gasteiger partial charge in [0.1, 0.15) is 11.4 Å². The van der Waals surface area contributed by atoms with E-state index in [9.17, 15) is 18.3 Å². The van der Waals surface area contributed by atoms with E-state index in [1.54, 1.807) is 0 Å². The maximum atomic E-state index is 12.2. The molecule has 0 heterocycles. The minimum Gasteiger partial charge on any atom is -0.385 e. The van der Waals surface area contributed by atoms with E-state index in [-0.39, 0.29) is 0 Å². The fraction of sp³-hybridized carbons (Fsp3) is 0.375. The van der Waals surface area contributed by atoms with Crippen LogP contribution in [-0.2, 0) is 0 Å². The molecule has 0 fully saturated rings. The van der Waals surface area contributed by atoms with Gasteiger partial charge in [-0.1, -0.05) is 12.2 Å². The minimum absolute atomic E-state index is 0.691. The van der Waals surface area contributed by atoms with E-state index >= 15 is 0 Å². The number of nitrogens with two attached hydrogens (primary N) is 1. The lowest BCUT2D eigenvalue weighted by Crippen LogP contribution is -2.44. The smallest absolute Gasteiger partial charge is 0.385 e. The van der Waals surface area contributed by atoms with Crippen LogP contribution in [0.1, 0.15) is 6.42 Å². The maximum absolute atomic E-state index is 12.2. The Bertz CT molecular complexity index is 319. The molecular formula is C8H9F3N2O. The first-order chi connectivity index (χ1) is 6.26. The van der Waals surface area contributed by atoms with Gasteiger partial charge in [-0.3, -0.25) is 5.41 Å². The molecule has 1 aliphatic carbocycles. The zero-order valence-electron chi connectivity index (χ0n) is 7.10. The lowest BCUT2D eigenvalue weighted by atomic mass is 9.88. The van der Waals surface area contributed by atoms with Gasteiger partial charge in [0, 0.05) is 12.0 Å². The first-order valence-electron chi connectivity index (χ1n) is 3.78. The number of nitrogens with one attached hydrogen (secondary N) is 1. The molecule has 0 bridgehead atoms. The highest BCUT2D eigenvalue weighted by Crippen LogP contribution is 2.34. The van der Waals surface area contributed by atoms with Crippen LogP contribution in [0.5, 0.6) is 0 Å². The maximum Gasteiger partial charge on any atom is 0.412 e. The minimum atomic E-state index is -4.49. The zero-order valence-corrected chi connectivity index (χ0v) is 7.10. The summed E-state index contributed by atoms with van der Waals surface area (Å²) in [7, 11) is 0. The van der Waals surface area contributed by atoms with Crippen LogP contribution in [0.15, 0.2) is 23.8 Å². The molecule has 1 atom stereocenters. The summed E-state index contributed by atoms with van der Waals surface area (Å²) in [6.45, 7) is 0. The van der Waals surface area contributed by atoms with Gasteiger partial charge < -0.3 is 10.8 Å². The number of rotatable bonds is 1. The molecular weight excluding hydrogens is 197 g/mol. The lowest BCUT2D eigenvalue weighted by Gasteiger charge is -2.27. The molecule has 0 aromatic heterocycles.